The fourth-order valence-electron chi connectivity index (χ4n) is 2.36. The summed E-state index contributed by atoms with van der Waals surface area (Å²) in [5.74, 6) is 1.07. The van der Waals surface area contributed by atoms with E-state index < -0.39 is 0 Å². The maximum absolute atomic E-state index is 11.2. The van der Waals surface area contributed by atoms with Gasteiger partial charge in [0.15, 0.2) is 0 Å². The van der Waals surface area contributed by atoms with Crippen molar-refractivity contribution in [3.05, 3.63) is 28.8 Å². The zero-order valence-electron chi connectivity index (χ0n) is 9.30. The predicted molar refractivity (Wildman–Crippen MR) is 59.4 cm³/mol. The van der Waals surface area contributed by atoms with Gasteiger partial charge in [0.1, 0.15) is 11.5 Å². The molecule has 0 bridgehead atoms. The molecule has 0 fully saturated rings. The Morgan fingerprint density at radius 2 is 2.20 bits per heavy atom. The first-order chi connectivity index (χ1) is 7.22. The number of ketones is 1. The van der Waals surface area contributed by atoms with Gasteiger partial charge in [0.25, 0.3) is 0 Å². The molecular weight excluding hydrogens is 188 g/mol. The highest BCUT2D eigenvalue weighted by atomic mass is 16.5. The molecule has 2 rings (SSSR count). The second kappa shape index (κ2) is 4.05. The van der Waals surface area contributed by atoms with Gasteiger partial charge in [-0.05, 0) is 43.4 Å². The van der Waals surface area contributed by atoms with Crippen LogP contribution in [0.3, 0.4) is 0 Å². The Morgan fingerprint density at radius 1 is 1.40 bits per heavy atom. The van der Waals surface area contributed by atoms with Crippen molar-refractivity contribution in [3.63, 3.8) is 0 Å². The number of Topliss-reactive ketones (excluding diaryl/α,β-unsaturated/α-hetero) is 1. The normalized spacial score (nSPS) is 13.7. The Labute approximate surface area is 90.3 Å². The molecule has 0 radical (unpaired) electrons. The van der Waals surface area contributed by atoms with E-state index in [2.05, 4.69) is 6.07 Å². The third-order valence-corrected chi connectivity index (χ3v) is 3.00. The lowest BCUT2D eigenvalue weighted by molar-refractivity contribution is -0.116. The number of carbonyl (C=O) groups is 1. The van der Waals surface area contributed by atoms with E-state index in [9.17, 15) is 4.79 Å². The number of carbonyl (C=O) groups excluding carboxylic acids is 1. The van der Waals surface area contributed by atoms with Crippen molar-refractivity contribution >= 4 is 5.78 Å². The average Bonchev–Trinajstić information content (AvgIpc) is 2.65. The van der Waals surface area contributed by atoms with Gasteiger partial charge in [0.2, 0.25) is 0 Å². The van der Waals surface area contributed by atoms with Crippen molar-refractivity contribution in [2.75, 3.05) is 7.11 Å². The van der Waals surface area contributed by atoms with Crippen LogP contribution in [0.15, 0.2) is 12.1 Å². The molecule has 0 heterocycles. The summed E-state index contributed by atoms with van der Waals surface area (Å²) in [4.78, 5) is 11.2. The highest BCUT2D eigenvalue weighted by Crippen LogP contribution is 2.32. The van der Waals surface area contributed by atoms with Crippen molar-refractivity contribution in [3.8, 4) is 5.75 Å². The van der Waals surface area contributed by atoms with Gasteiger partial charge in [0, 0.05) is 12.0 Å². The first-order valence-electron chi connectivity index (χ1n) is 5.39. The number of rotatable bonds is 3. The summed E-state index contributed by atoms with van der Waals surface area (Å²) in [6.07, 6.45) is 3.94. The van der Waals surface area contributed by atoms with E-state index in [0.29, 0.717) is 6.42 Å². The van der Waals surface area contributed by atoms with Crippen LogP contribution in [0.5, 0.6) is 5.75 Å². The zero-order valence-corrected chi connectivity index (χ0v) is 9.30. The standard InChI is InChI=1S/C13H16O2/c1-9(14)8-12-11-5-3-4-10(11)6-7-13(12)15-2/h6-7H,3-5,8H2,1-2H3. The summed E-state index contributed by atoms with van der Waals surface area (Å²) < 4.78 is 5.32. The quantitative estimate of drug-likeness (QED) is 0.755. The van der Waals surface area contributed by atoms with E-state index in [1.54, 1.807) is 14.0 Å². The zero-order chi connectivity index (χ0) is 10.8. The van der Waals surface area contributed by atoms with Crippen molar-refractivity contribution in [2.24, 2.45) is 0 Å². The fraction of sp³-hybridized carbons (Fsp3) is 0.462. The molecule has 0 spiro atoms. The number of methoxy groups -OCH3 is 1. The first kappa shape index (κ1) is 10.2. The Kier molecular flexibility index (Phi) is 2.76. The lowest BCUT2D eigenvalue weighted by Gasteiger charge is -2.12. The van der Waals surface area contributed by atoms with E-state index in [0.717, 1.165) is 24.2 Å². The second-order valence-electron chi connectivity index (χ2n) is 4.12. The molecule has 1 aliphatic carbocycles. The third kappa shape index (κ3) is 1.89. The van der Waals surface area contributed by atoms with Gasteiger partial charge in [-0.25, -0.2) is 0 Å². The fourth-order valence-corrected chi connectivity index (χ4v) is 2.36. The van der Waals surface area contributed by atoms with Gasteiger partial charge in [-0.3, -0.25) is 4.79 Å². The molecule has 0 unspecified atom stereocenters. The summed E-state index contributed by atoms with van der Waals surface area (Å²) in [6, 6.07) is 4.12. The van der Waals surface area contributed by atoms with Crippen LogP contribution in [-0.2, 0) is 24.1 Å². The van der Waals surface area contributed by atoms with E-state index >= 15 is 0 Å². The molecule has 15 heavy (non-hydrogen) atoms. The van der Waals surface area contributed by atoms with Gasteiger partial charge in [-0.2, -0.15) is 0 Å². The molecular formula is C13H16O2. The molecule has 80 valence electrons. The molecule has 0 saturated carbocycles. The number of aryl methyl sites for hydroxylation is 1. The Balaban J connectivity index is 2.47. The number of benzene rings is 1. The van der Waals surface area contributed by atoms with Gasteiger partial charge >= 0.3 is 0 Å². The molecule has 0 saturated heterocycles. The smallest absolute Gasteiger partial charge is 0.134 e. The van der Waals surface area contributed by atoms with Crippen LogP contribution in [0.1, 0.15) is 30.0 Å². The second-order valence-corrected chi connectivity index (χ2v) is 4.12. The van der Waals surface area contributed by atoms with E-state index in [1.807, 2.05) is 6.07 Å². The number of ether oxygens (including phenoxy) is 1. The van der Waals surface area contributed by atoms with Gasteiger partial charge in [0.05, 0.1) is 7.11 Å². The summed E-state index contributed by atoms with van der Waals surface area (Å²) in [5.41, 5.74) is 3.86. The van der Waals surface area contributed by atoms with Gasteiger partial charge in [-0.1, -0.05) is 6.07 Å². The Morgan fingerprint density at radius 3 is 2.87 bits per heavy atom. The third-order valence-electron chi connectivity index (χ3n) is 3.00. The highest BCUT2D eigenvalue weighted by molar-refractivity contribution is 5.79. The predicted octanol–water partition coefficient (Wildman–Crippen LogP) is 2.32. The first-order valence-corrected chi connectivity index (χ1v) is 5.39. The minimum absolute atomic E-state index is 0.202. The molecule has 0 aromatic heterocycles. The summed E-state index contributed by atoms with van der Waals surface area (Å²) >= 11 is 0. The van der Waals surface area contributed by atoms with Crippen LogP contribution in [0, 0.1) is 0 Å². The molecule has 2 nitrogen and oxygen atoms in total. The highest BCUT2D eigenvalue weighted by Gasteiger charge is 2.18. The van der Waals surface area contributed by atoms with Crippen LogP contribution >= 0.6 is 0 Å². The lowest BCUT2D eigenvalue weighted by atomic mass is 9.98. The number of fused-ring (bicyclic) bond motifs is 1. The molecule has 0 amide bonds. The van der Waals surface area contributed by atoms with Gasteiger partial charge in [-0.15, -0.1) is 0 Å². The van der Waals surface area contributed by atoms with E-state index in [1.165, 1.54) is 17.5 Å². The number of hydrogen-bond acceptors (Lipinski definition) is 2. The van der Waals surface area contributed by atoms with E-state index in [-0.39, 0.29) is 5.78 Å². The minimum atomic E-state index is 0.202. The minimum Gasteiger partial charge on any atom is -0.496 e. The monoisotopic (exact) mass is 204 g/mol. The van der Waals surface area contributed by atoms with Crippen molar-refractivity contribution in [2.45, 2.75) is 32.6 Å². The SMILES string of the molecule is COc1ccc2c(c1CC(C)=O)CCC2. The molecule has 0 N–H and O–H groups in total. The van der Waals surface area contributed by atoms with Crippen molar-refractivity contribution in [1.29, 1.82) is 0 Å². The van der Waals surface area contributed by atoms with Crippen LogP contribution in [-0.4, -0.2) is 12.9 Å². The molecule has 0 aliphatic heterocycles. The molecule has 2 heteroatoms. The molecule has 0 atom stereocenters. The van der Waals surface area contributed by atoms with Crippen LogP contribution in [0.2, 0.25) is 0 Å². The molecule has 1 aliphatic rings. The largest absolute Gasteiger partial charge is 0.496 e. The summed E-state index contributed by atoms with van der Waals surface area (Å²) in [6.45, 7) is 1.63. The summed E-state index contributed by atoms with van der Waals surface area (Å²) in [5, 5.41) is 0. The Bertz CT molecular complexity index is 394. The maximum atomic E-state index is 11.2. The van der Waals surface area contributed by atoms with Crippen molar-refractivity contribution < 1.29 is 9.53 Å². The topological polar surface area (TPSA) is 26.3 Å². The van der Waals surface area contributed by atoms with Gasteiger partial charge < -0.3 is 4.74 Å². The molecule has 1 aromatic rings. The van der Waals surface area contributed by atoms with Crippen LogP contribution < -0.4 is 4.74 Å². The van der Waals surface area contributed by atoms with E-state index in [4.69, 9.17) is 4.74 Å². The maximum Gasteiger partial charge on any atom is 0.134 e. The lowest BCUT2D eigenvalue weighted by Crippen LogP contribution is -2.03. The Hall–Kier alpha value is -1.31. The van der Waals surface area contributed by atoms with Crippen LogP contribution in [0.25, 0.3) is 0 Å². The average molecular weight is 204 g/mol. The number of hydrogen-bond donors (Lipinski definition) is 0. The van der Waals surface area contributed by atoms with Crippen LogP contribution in [0.4, 0.5) is 0 Å². The van der Waals surface area contributed by atoms with Crippen molar-refractivity contribution in [1.82, 2.24) is 0 Å². The summed E-state index contributed by atoms with van der Waals surface area (Å²) in [7, 11) is 1.67. The molecule has 1 aromatic carbocycles.